The lowest BCUT2D eigenvalue weighted by Gasteiger charge is -2.44. The third kappa shape index (κ3) is 3.63. The molecule has 1 aliphatic carbocycles. The Morgan fingerprint density at radius 3 is 2.60 bits per heavy atom. The number of thiophene rings is 1. The van der Waals surface area contributed by atoms with Gasteiger partial charge in [-0.15, -0.1) is 11.3 Å². The lowest BCUT2D eigenvalue weighted by Crippen LogP contribution is -2.51. The predicted octanol–water partition coefficient (Wildman–Crippen LogP) is 4.20. The molecule has 2 rings (SSSR count). The van der Waals surface area contributed by atoms with Crippen LogP contribution < -0.4 is 5.32 Å². The molecule has 0 aromatic carbocycles. The fraction of sp³-hybridized carbons (Fsp3) is 0.765. The maximum absolute atomic E-state index is 9.86. The van der Waals surface area contributed by atoms with E-state index >= 15 is 0 Å². The Morgan fingerprint density at radius 2 is 2.10 bits per heavy atom. The summed E-state index contributed by atoms with van der Waals surface area (Å²) in [4.78, 5) is 1.36. The monoisotopic (exact) mass is 295 g/mol. The first-order valence-electron chi connectivity index (χ1n) is 7.89. The highest BCUT2D eigenvalue weighted by atomic mass is 32.1. The number of aliphatic hydroxyl groups is 1. The van der Waals surface area contributed by atoms with Gasteiger partial charge >= 0.3 is 0 Å². The molecule has 0 amide bonds. The molecular formula is C17H29NOS. The quantitative estimate of drug-likeness (QED) is 0.824. The zero-order chi connectivity index (χ0) is 14.6. The van der Waals surface area contributed by atoms with E-state index in [1.807, 2.05) is 0 Å². The lowest BCUT2D eigenvalue weighted by atomic mass is 9.65. The van der Waals surface area contributed by atoms with Gasteiger partial charge in [0.25, 0.3) is 0 Å². The molecule has 0 spiro atoms. The molecule has 3 heteroatoms. The predicted molar refractivity (Wildman–Crippen MR) is 87.0 cm³/mol. The molecule has 114 valence electrons. The molecule has 1 saturated carbocycles. The Morgan fingerprint density at radius 1 is 1.40 bits per heavy atom. The van der Waals surface area contributed by atoms with Crippen LogP contribution in [0.15, 0.2) is 17.5 Å². The van der Waals surface area contributed by atoms with Gasteiger partial charge in [-0.25, -0.2) is 0 Å². The van der Waals surface area contributed by atoms with Crippen LogP contribution in [0.3, 0.4) is 0 Å². The molecule has 1 aliphatic rings. The van der Waals surface area contributed by atoms with Gasteiger partial charge in [0.1, 0.15) is 0 Å². The number of hydrogen-bond acceptors (Lipinski definition) is 3. The minimum atomic E-state index is -0.0513. The second kappa shape index (κ2) is 6.59. The molecule has 0 radical (unpaired) electrons. The SMILES string of the molecule is CCC(C)(C)C1CCC(CO)(NCc2cccs2)CC1. The van der Waals surface area contributed by atoms with Crippen LogP contribution in [-0.2, 0) is 6.54 Å². The zero-order valence-corrected chi connectivity index (χ0v) is 13.9. The van der Waals surface area contributed by atoms with E-state index in [-0.39, 0.29) is 12.1 Å². The highest BCUT2D eigenvalue weighted by Crippen LogP contribution is 2.43. The Kier molecular flexibility index (Phi) is 5.27. The van der Waals surface area contributed by atoms with Crippen LogP contribution >= 0.6 is 11.3 Å². The number of hydrogen-bond donors (Lipinski definition) is 2. The average Bonchev–Trinajstić information content (AvgIpc) is 2.99. The number of nitrogens with one attached hydrogen (secondary N) is 1. The van der Waals surface area contributed by atoms with Crippen LogP contribution in [0.5, 0.6) is 0 Å². The molecule has 0 bridgehead atoms. The first kappa shape index (κ1) is 16.0. The molecule has 1 fully saturated rings. The maximum atomic E-state index is 9.86. The van der Waals surface area contributed by atoms with Crippen molar-refractivity contribution in [3.63, 3.8) is 0 Å². The minimum Gasteiger partial charge on any atom is -0.394 e. The first-order chi connectivity index (χ1) is 9.51. The molecule has 1 aromatic heterocycles. The van der Waals surface area contributed by atoms with Crippen molar-refractivity contribution in [2.75, 3.05) is 6.61 Å². The molecular weight excluding hydrogens is 266 g/mol. The van der Waals surface area contributed by atoms with E-state index < -0.39 is 0 Å². The molecule has 20 heavy (non-hydrogen) atoms. The summed E-state index contributed by atoms with van der Waals surface area (Å²) in [6, 6.07) is 4.25. The molecule has 1 heterocycles. The topological polar surface area (TPSA) is 32.3 Å². The van der Waals surface area contributed by atoms with E-state index in [0.717, 1.165) is 25.3 Å². The van der Waals surface area contributed by atoms with Gasteiger partial charge in [-0.05, 0) is 48.5 Å². The maximum Gasteiger partial charge on any atom is 0.0613 e. The van der Waals surface area contributed by atoms with Crippen molar-refractivity contribution in [1.29, 1.82) is 0 Å². The van der Waals surface area contributed by atoms with Gasteiger partial charge in [-0.1, -0.05) is 33.3 Å². The smallest absolute Gasteiger partial charge is 0.0613 e. The molecule has 0 atom stereocenters. The summed E-state index contributed by atoms with van der Waals surface area (Å²) in [5, 5.41) is 15.6. The molecule has 0 unspecified atom stereocenters. The Hall–Kier alpha value is -0.380. The second-order valence-corrected chi connectivity index (χ2v) is 8.02. The van der Waals surface area contributed by atoms with Gasteiger partial charge in [0.05, 0.1) is 6.61 Å². The highest BCUT2D eigenvalue weighted by molar-refractivity contribution is 7.09. The summed E-state index contributed by atoms with van der Waals surface area (Å²) in [5.74, 6) is 0.802. The van der Waals surface area contributed by atoms with Gasteiger partial charge in [0, 0.05) is 17.0 Å². The number of rotatable bonds is 6. The summed E-state index contributed by atoms with van der Waals surface area (Å²) < 4.78 is 0. The van der Waals surface area contributed by atoms with Crippen molar-refractivity contribution in [3.8, 4) is 0 Å². The van der Waals surface area contributed by atoms with Crippen LogP contribution in [0.4, 0.5) is 0 Å². The molecule has 2 N–H and O–H groups in total. The van der Waals surface area contributed by atoms with E-state index in [1.54, 1.807) is 11.3 Å². The van der Waals surface area contributed by atoms with Crippen molar-refractivity contribution in [1.82, 2.24) is 5.32 Å². The van der Waals surface area contributed by atoms with Crippen LogP contribution in [0.2, 0.25) is 0 Å². The molecule has 0 aliphatic heterocycles. The second-order valence-electron chi connectivity index (χ2n) is 6.99. The average molecular weight is 295 g/mol. The summed E-state index contributed by atoms with van der Waals surface area (Å²) in [6.07, 6.45) is 5.91. The van der Waals surface area contributed by atoms with Crippen LogP contribution in [0.25, 0.3) is 0 Å². The third-order valence-corrected chi connectivity index (χ3v) is 6.36. The Balaban J connectivity index is 1.91. The third-order valence-electron chi connectivity index (χ3n) is 5.48. The summed E-state index contributed by atoms with van der Waals surface area (Å²) in [7, 11) is 0. The van der Waals surface area contributed by atoms with Gasteiger partial charge < -0.3 is 10.4 Å². The van der Waals surface area contributed by atoms with E-state index in [9.17, 15) is 5.11 Å². The van der Waals surface area contributed by atoms with Gasteiger partial charge in [0.15, 0.2) is 0 Å². The largest absolute Gasteiger partial charge is 0.394 e. The zero-order valence-electron chi connectivity index (χ0n) is 13.1. The van der Waals surface area contributed by atoms with Gasteiger partial charge in [-0.2, -0.15) is 0 Å². The molecule has 0 saturated heterocycles. The van der Waals surface area contributed by atoms with E-state index in [2.05, 4.69) is 43.6 Å². The Labute approximate surface area is 127 Å². The standard InChI is InChI=1S/C17H29NOS/c1-4-16(2,3)14-7-9-17(13-19,10-8-14)18-12-15-6-5-11-20-15/h5-6,11,14,18-19H,4,7-10,12-13H2,1-3H3. The van der Waals surface area contributed by atoms with Crippen molar-refractivity contribution in [3.05, 3.63) is 22.4 Å². The van der Waals surface area contributed by atoms with Crippen LogP contribution in [0.1, 0.15) is 57.8 Å². The lowest BCUT2D eigenvalue weighted by molar-refractivity contribution is 0.0602. The Bertz CT molecular complexity index is 391. The van der Waals surface area contributed by atoms with Crippen molar-refractivity contribution in [2.24, 2.45) is 11.3 Å². The molecule has 2 nitrogen and oxygen atoms in total. The first-order valence-corrected chi connectivity index (χ1v) is 8.77. The van der Waals surface area contributed by atoms with E-state index in [0.29, 0.717) is 5.41 Å². The van der Waals surface area contributed by atoms with Gasteiger partial charge in [-0.3, -0.25) is 0 Å². The van der Waals surface area contributed by atoms with Crippen molar-refractivity contribution < 1.29 is 5.11 Å². The summed E-state index contributed by atoms with van der Waals surface area (Å²) in [6.45, 7) is 8.23. The van der Waals surface area contributed by atoms with E-state index in [4.69, 9.17) is 0 Å². The number of aliphatic hydroxyl groups excluding tert-OH is 1. The normalized spacial score (nSPS) is 27.7. The fourth-order valence-electron chi connectivity index (χ4n) is 3.32. The van der Waals surface area contributed by atoms with Crippen molar-refractivity contribution >= 4 is 11.3 Å². The fourth-order valence-corrected chi connectivity index (χ4v) is 3.96. The minimum absolute atomic E-state index is 0.0513. The van der Waals surface area contributed by atoms with Gasteiger partial charge in [0.2, 0.25) is 0 Å². The molecule has 1 aromatic rings. The summed E-state index contributed by atoms with van der Waals surface area (Å²) in [5.41, 5.74) is 0.389. The van der Waals surface area contributed by atoms with E-state index in [1.165, 1.54) is 24.1 Å². The van der Waals surface area contributed by atoms with Crippen LogP contribution in [0, 0.1) is 11.3 Å². The van der Waals surface area contributed by atoms with Crippen molar-refractivity contribution in [2.45, 2.75) is 65.0 Å². The van der Waals surface area contributed by atoms with Crippen LogP contribution in [-0.4, -0.2) is 17.3 Å². The summed E-state index contributed by atoms with van der Waals surface area (Å²) >= 11 is 1.78. The highest BCUT2D eigenvalue weighted by Gasteiger charge is 2.38.